The first kappa shape index (κ1) is 26.7. The highest BCUT2D eigenvalue weighted by Gasteiger charge is 2.21. The van der Waals surface area contributed by atoms with Crippen molar-refractivity contribution in [1.29, 1.82) is 0 Å². The van der Waals surface area contributed by atoms with Gasteiger partial charge in [0.1, 0.15) is 0 Å². The Morgan fingerprint density at radius 1 is 0.972 bits per heavy atom. The van der Waals surface area contributed by atoms with Crippen LogP contribution < -0.4 is 5.32 Å². The fourth-order valence-electron chi connectivity index (χ4n) is 3.47. The molecule has 0 aliphatic rings. The van der Waals surface area contributed by atoms with E-state index in [4.69, 9.17) is 4.74 Å². The predicted molar refractivity (Wildman–Crippen MR) is 145 cm³/mol. The Balaban J connectivity index is 1.81. The molecule has 0 heterocycles. The molecule has 0 saturated heterocycles. The van der Waals surface area contributed by atoms with Gasteiger partial charge in [0.05, 0.1) is 17.1 Å². The van der Waals surface area contributed by atoms with Crippen LogP contribution in [0.15, 0.2) is 78.9 Å². The molecule has 0 saturated carbocycles. The second-order valence-electron chi connectivity index (χ2n) is 9.51. The highest BCUT2D eigenvalue weighted by molar-refractivity contribution is 6.76. The maximum absolute atomic E-state index is 13.4. The van der Waals surface area contributed by atoms with Crippen LogP contribution in [-0.4, -0.2) is 37.9 Å². The number of amides is 1. The molecule has 3 aromatic rings. The van der Waals surface area contributed by atoms with Gasteiger partial charge in [-0.3, -0.25) is 19.7 Å². The number of anilines is 1. The maximum Gasteiger partial charge on any atom is 0.277 e. The summed E-state index contributed by atoms with van der Waals surface area (Å²) in [5, 5.41) is 14.5. The number of ketones is 1. The molecule has 0 bridgehead atoms. The Hall–Kier alpha value is -3.88. The summed E-state index contributed by atoms with van der Waals surface area (Å²) in [7, 11) is -1.21. The van der Waals surface area contributed by atoms with E-state index in [1.54, 1.807) is 66.7 Å². The average molecular weight is 503 g/mol. The summed E-state index contributed by atoms with van der Waals surface area (Å²) in [4.78, 5) is 37.1. The minimum atomic E-state index is -1.21. The van der Waals surface area contributed by atoms with Crippen LogP contribution in [0.3, 0.4) is 0 Å². The standard InChI is InChI=1S/C28H30N2O5Si/c1-36(2,3)19-18-35-17-9-15-24-25(14-8-16-26(24)30(33)34)27(31)22-12-7-13-23(20-22)29-28(32)21-10-5-4-6-11-21/h4-16,20H,17-19H2,1-3H3,(H,29,32). The number of nitro benzene ring substituents is 1. The first-order valence-electron chi connectivity index (χ1n) is 11.7. The lowest BCUT2D eigenvalue weighted by Crippen LogP contribution is -2.21. The minimum absolute atomic E-state index is 0.160. The van der Waals surface area contributed by atoms with Crippen LogP contribution in [-0.2, 0) is 4.74 Å². The Morgan fingerprint density at radius 3 is 2.36 bits per heavy atom. The number of carbonyl (C=O) groups is 2. The van der Waals surface area contributed by atoms with Crippen molar-refractivity contribution in [3.63, 3.8) is 0 Å². The van der Waals surface area contributed by atoms with Gasteiger partial charge < -0.3 is 10.1 Å². The van der Waals surface area contributed by atoms with E-state index in [1.165, 1.54) is 12.1 Å². The molecule has 0 spiro atoms. The SMILES string of the molecule is C[Si](C)(C)CCOCC=Cc1c(C(=O)c2cccc(NC(=O)c3ccccc3)c2)cccc1[N+](=O)[O-]. The van der Waals surface area contributed by atoms with Crippen molar-refractivity contribution in [3.05, 3.63) is 111 Å². The number of benzene rings is 3. The molecule has 186 valence electrons. The summed E-state index contributed by atoms with van der Waals surface area (Å²) >= 11 is 0. The van der Waals surface area contributed by atoms with Gasteiger partial charge in [0.25, 0.3) is 11.6 Å². The van der Waals surface area contributed by atoms with Crippen molar-refractivity contribution in [1.82, 2.24) is 0 Å². The van der Waals surface area contributed by atoms with Gasteiger partial charge in [-0.1, -0.05) is 62.1 Å². The van der Waals surface area contributed by atoms with E-state index in [2.05, 4.69) is 25.0 Å². The average Bonchev–Trinajstić information content (AvgIpc) is 2.85. The quantitative estimate of drug-likeness (QED) is 0.107. The van der Waals surface area contributed by atoms with Gasteiger partial charge in [0.15, 0.2) is 5.78 Å². The molecule has 7 nitrogen and oxygen atoms in total. The fourth-order valence-corrected chi connectivity index (χ4v) is 4.22. The van der Waals surface area contributed by atoms with E-state index in [0.717, 1.165) is 6.04 Å². The molecule has 0 aromatic heterocycles. The molecule has 1 amide bonds. The van der Waals surface area contributed by atoms with Gasteiger partial charge in [0.2, 0.25) is 0 Å². The lowest BCUT2D eigenvalue weighted by Gasteiger charge is -2.14. The van der Waals surface area contributed by atoms with Gasteiger partial charge in [0, 0.05) is 43.1 Å². The number of hydrogen-bond acceptors (Lipinski definition) is 5. The third-order valence-corrected chi connectivity index (χ3v) is 7.14. The van der Waals surface area contributed by atoms with Crippen LogP contribution in [0.5, 0.6) is 0 Å². The van der Waals surface area contributed by atoms with Gasteiger partial charge in [-0.25, -0.2) is 0 Å². The van der Waals surface area contributed by atoms with Gasteiger partial charge in [-0.2, -0.15) is 0 Å². The van der Waals surface area contributed by atoms with Crippen LogP contribution >= 0.6 is 0 Å². The normalized spacial score (nSPS) is 11.4. The third-order valence-electron chi connectivity index (χ3n) is 5.44. The van der Waals surface area contributed by atoms with E-state index in [9.17, 15) is 19.7 Å². The zero-order chi connectivity index (χ0) is 26.1. The van der Waals surface area contributed by atoms with E-state index >= 15 is 0 Å². The Labute approximate surface area is 212 Å². The molecule has 0 radical (unpaired) electrons. The van der Waals surface area contributed by atoms with E-state index in [0.29, 0.717) is 30.0 Å². The molecule has 0 unspecified atom stereocenters. The first-order chi connectivity index (χ1) is 17.2. The Morgan fingerprint density at radius 2 is 1.67 bits per heavy atom. The third kappa shape index (κ3) is 7.56. The number of nitro groups is 1. The molecule has 0 fully saturated rings. The van der Waals surface area contributed by atoms with Crippen molar-refractivity contribution in [2.24, 2.45) is 0 Å². The van der Waals surface area contributed by atoms with E-state index < -0.39 is 13.0 Å². The molecular weight excluding hydrogens is 472 g/mol. The maximum atomic E-state index is 13.4. The topological polar surface area (TPSA) is 98.5 Å². The molecule has 3 aromatic carbocycles. The molecule has 3 rings (SSSR count). The lowest BCUT2D eigenvalue weighted by atomic mass is 9.96. The first-order valence-corrected chi connectivity index (χ1v) is 15.4. The summed E-state index contributed by atoms with van der Waals surface area (Å²) in [5.74, 6) is -0.679. The van der Waals surface area contributed by atoms with Crippen LogP contribution in [0.1, 0.15) is 31.8 Å². The summed E-state index contributed by atoms with van der Waals surface area (Å²) in [6.07, 6.45) is 3.26. The number of ether oxygens (including phenoxy) is 1. The van der Waals surface area contributed by atoms with Crippen molar-refractivity contribution in [2.45, 2.75) is 25.7 Å². The monoisotopic (exact) mass is 502 g/mol. The fraction of sp³-hybridized carbons (Fsp3) is 0.214. The molecule has 1 N–H and O–H groups in total. The summed E-state index contributed by atoms with van der Waals surface area (Å²) in [6.45, 7) is 7.72. The zero-order valence-corrected chi connectivity index (χ0v) is 21.7. The van der Waals surface area contributed by atoms with Crippen molar-refractivity contribution in [2.75, 3.05) is 18.5 Å². The highest BCUT2D eigenvalue weighted by Crippen LogP contribution is 2.27. The van der Waals surface area contributed by atoms with Gasteiger partial charge in [-0.05, 0) is 42.5 Å². The van der Waals surface area contributed by atoms with Crippen molar-refractivity contribution < 1.29 is 19.2 Å². The molecule has 0 aliphatic carbocycles. The molecule has 36 heavy (non-hydrogen) atoms. The Kier molecular flexibility index (Phi) is 9.05. The van der Waals surface area contributed by atoms with Gasteiger partial charge in [-0.15, -0.1) is 0 Å². The van der Waals surface area contributed by atoms with Crippen LogP contribution in [0, 0.1) is 10.1 Å². The van der Waals surface area contributed by atoms with Crippen molar-refractivity contribution in [3.8, 4) is 0 Å². The number of hydrogen-bond donors (Lipinski definition) is 1. The molecule has 8 heteroatoms. The zero-order valence-electron chi connectivity index (χ0n) is 20.7. The summed E-state index contributed by atoms with van der Waals surface area (Å²) < 4.78 is 5.66. The minimum Gasteiger partial charge on any atom is -0.378 e. The van der Waals surface area contributed by atoms with Crippen LogP contribution in [0.4, 0.5) is 11.4 Å². The molecule has 0 aliphatic heterocycles. The number of nitrogens with zero attached hydrogens (tertiary/aromatic N) is 1. The van der Waals surface area contributed by atoms with Crippen LogP contribution in [0.2, 0.25) is 25.7 Å². The lowest BCUT2D eigenvalue weighted by molar-refractivity contribution is -0.385. The number of rotatable bonds is 11. The summed E-state index contributed by atoms with van der Waals surface area (Å²) in [5.41, 5.74) is 1.52. The van der Waals surface area contributed by atoms with Crippen molar-refractivity contribution >= 4 is 37.2 Å². The smallest absolute Gasteiger partial charge is 0.277 e. The van der Waals surface area contributed by atoms with E-state index in [1.807, 2.05) is 6.07 Å². The second kappa shape index (κ2) is 12.2. The highest BCUT2D eigenvalue weighted by atomic mass is 28.3. The summed E-state index contributed by atoms with van der Waals surface area (Å²) in [6, 6.07) is 20.7. The molecule has 0 atom stereocenters. The predicted octanol–water partition coefficient (Wildman–Crippen LogP) is 6.45. The molecular formula is C28H30N2O5Si. The Bertz CT molecular complexity index is 1270. The van der Waals surface area contributed by atoms with Crippen LogP contribution in [0.25, 0.3) is 6.08 Å². The number of nitrogens with one attached hydrogen (secondary N) is 1. The second-order valence-corrected chi connectivity index (χ2v) is 15.1. The number of carbonyl (C=O) groups excluding carboxylic acids is 2. The largest absolute Gasteiger partial charge is 0.378 e. The van der Waals surface area contributed by atoms with E-state index in [-0.39, 0.29) is 28.5 Å². The van der Waals surface area contributed by atoms with Gasteiger partial charge >= 0.3 is 0 Å².